The lowest BCUT2D eigenvalue weighted by molar-refractivity contribution is -0.146. The van der Waals surface area contributed by atoms with E-state index in [-0.39, 0.29) is 62.5 Å². The van der Waals surface area contributed by atoms with Gasteiger partial charge >= 0.3 is 24.0 Å². The zero-order valence-electron chi connectivity index (χ0n) is 75.7. The van der Waals surface area contributed by atoms with Gasteiger partial charge in [0.05, 0.1) is 71.8 Å². The number of urea groups is 2. The first-order valence-corrected chi connectivity index (χ1v) is 47.7. The summed E-state index contributed by atoms with van der Waals surface area (Å²) in [5.74, 6) is -4.19. The van der Waals surface area contributed by atoms with Crippen LogP contribution in [-0.4, -0.2) is 229 Å². The molecule has 0 radical (unpaired) electrons. The average molecular weight is 1810 g/mol. The maximum Gasteiger partial charge on any atom is 0.330 e. The van der Waals surface area contributed by atoms with Crippen LogP contribution in [0.1, 0.15) is 199 Å². The SMILES string of the molecule is C=CC1C[C@]1(NC(=O)[C@@H]1C[C@@H](Oc2cc(-c3csc(NC(C)C)n3)nc3cc(OC)ccc23)CN1C(=O)[C@@H](NC(=O)NC1(CS(=O)(=O)C(C)(C)C)CCCCC1)C1(C)CCCCC1)C(=O)O.C=CC1C[C@]1(NC(=O)[C@@H]1C[C@@H](Oc2cc(-c3csc(NC(C)C)n3)nc3cc(OC)ccc23)CN1C(=O)[C@@H](NC(=O)N[C@H](CN1CCCCC1=O)C(C)(C)C)C(C)C)C(=O)O. The number of aliphatic carboxylic acids is 2. The van der Waals surface area contributed by atoms with Gasteiger partial charge in [-0.2, -0.15) is 0 Å². The number of benzene rings is 2. The number of carboxylic acid groups (broad SMARTS) is 2. The summed E-state index contributed by atoms with van der Waals surface area (Å²) in [5, 5.41) is 51.3. The van der Waals surface area contributed by atoms with Crippen LogP contribution < -0.4 is 61.5 Å². The number of anilines is 2. The van der Waals surface area contributed by atoms with Gasteiger partial charge in [-0.15, -0.1) is 35.8 Å². The Hall–Kier alpha value is -10.4. The summed E-state index contributed by atoms with van der Waals surface area (Å²) in [7, 11) is -0.504. The highest BCUT2D eigenvalue weighted by Gasteiger charge is 2.63. The first-order chi connectivity index (χ1) is 59.9. The van der Waals surface area contributed by atoms with E-state index in [2.05, 4.69) is 55.7 Å². The van der Waals surface area contributed by atoms with E-state index in [1.54, 1.807) is 90.1 Å². The zero-order valence-corrected chi connectivity index (χ0v) is 78.1. The van der Waals surface area contributed by atoms with Crippen molar-refractivity contribution in [1.29, 1.82) is 0 Å². The largest absolute Gasteiger partial charge is 0.497 e. The lowest BCUT2D eigenvalue weighted by Crippen LogP contribution is -2.64. The Labute approximate surface area is 751 Å². The summed E-state index contributed by atoms with van der Waals surface area (Å²) in [5.41, 5.74) is -1.77. The molecule has 2 unspecified atom stereocenters. The van der Waals surface area contributed by atoms with Crippen LogP contribution in [0.25, 0.3) is 44.6 Å². The van der Waals surface area contributed by atoms with Crippen molar-refractivity contribution in [2.45, 2.75) is 275 Å². The van der Waals surface area contributed by atoms with Crippen LogP contribution >= 0.6 is 22.7 Å². The Morgan fingerprint density at radius 2 is 1.07 bits per heavy atom. The van der Waals surface area contributed by atoms with E-state index >= 15 is 4.79 Å². The predicted octanol–water partition coefficient (Wildman–Crippen LogP) is 12.7. The molecule has 3 saturated heterocycles. The fraction of sp³-hybridized carbons (Fsp3) is 0.598. The highest BCUT2D eigenvalue weighted by atomic mass is 32.2. The first-order valence-electron chi connectivity index (χ1n) is 44.3. The van der Waals surface area contributed by atoms with Crippen LogP contribution in [0.15, 0.2) is 84.6 Å². The second kappa shape index (κ2) is 38.9. The average Bonchev–Trinajstić information content (AvgIpc) is 1.58. The van der Waals surface area contributed by atoms with E-state index in [1.165, 1.54) is 44.6 Å². The van der Waals surface area contributed by atoms with Gasteiger partial charge < -0.3 is 86.4 Å². The number of pyridine rings is 2. The fourth-order valence-electron chi connectivity index (χ4n) is 17.9. The standard InChI is InChI=1S/C48H67N7O9S2.C44H60N8O8S/c1-9-30-25-48(30,42(58)59)53-40(56)37-23-32(64-38-24-35(36-27-65-44(51-36)49-29(2)3)50-34-22-31(63-8)16-17-33(34)38)26-55(37)41(57)39(46(7)18-12-10-13-19-46)52-43(60)54-47(20-14-11-15-21-47)28-66(61,62)45(4,5)6;1-10-26-20-44(26,40(56)57)50-38(54)33-18-28(60-34-19-31(32-23-61-42(47-32)45-25(4)5)46-30-17-27(59-9)14-15-29(30)34)21-52(33)39(55)37(24(2)3)49-41(58)48-35(43(6,7)8)22-51-16-12-11-13-36(51)53/h9,16-17,22,24,27,29-30,32,37,39H,1,10-15,18-21,23,25-26,28H2,2-8H3,(H,49,51)(H,53,56)(H,58,59)(H2,52,54,60);10,14-15,17,19,23-26,28,33,35,37H,1,11-13,16,18,20-22H2,2-9H3,(H,45,47)(H,50,54)(H,56,57)(H2,48,49,58)/t30?,32-,37+,39-,48-;26?,28-,33+,35-,37+,44-/m11/s1. The molecule has 4 saturated carbocycles. The number of hydrogen-bond acceptors (Lipinski definition) is 23. The van der Waals surface area contributed by atoms with E-state index in [9.17, 15) is 57.0 Å². The number of carbonyl (C=O) groups excluding carboxylic acids is 7. The topological polar surface area (TPSA) is 423 Å². The van der Waals surface area contributed by atoms with Gasteiger partial charge in [0.15, 0.2) is 20.1 Å². The van der Waals surface area contributed by atoms with E-state index < -0.39 is 150 Å². The number of nitrogens with one attached hydrogen (secondary N) is 8. The summed E-state index contributed by atoms with van der Waals surface area (Å²) in [4.78, 5) is 149. The number of methoxy groups -OCH3 is 2. The van der Waals surface area contributed by atoms with Crippen molar-refractivity contribution in [3.05, 3.63) is 84.6 Å². The molecule has 35 heteroatoms. The van der Waals surface area contributed by atoms with Crippen LogP contribution in [0.3, 0.4) is 0 Å². The normalized spacial score (nSPS) is 23.4. The number of piperidine rings is 1. The lowest BCUT2D eigenvalue weighted by atomic mass is 9.70. The van der Waals surface area contributed by atoms with Gasteiger partial charge in [0.2, 0.25) is 29.5 Å². The molecule has 4 aliphatic carbocycles. The Bertz CT molecular complexity index is 5220. The van der Waals surface area contributed by atoms with Crippen molar-refractivity contribution in [2.24, 2.45) is 28.6 Å². The number of carboxylic acids is 2. The number of ether oxygens (including phenoxy) is 4. The van der Waals surface area contributed by atoms with E-state index in [0.29, 0.717) is 113 Å². The maximum absolute atomic E-state index is 15.4. The number of sulfone groups is 1. The molecular weight excluding hydrogens is 1680 g/mol. The summed E-state index contributed by atoms with van der Waals surface area (Å²) in [6, 6.07) is 8.64. The maximum atomic E-state index is 15.4. The third-order valence-electron chi connectivity index (χ3n) is 25.9. The molecule has 7 aliphatic rings. The van der Waals surface area contributed by atoms with Crippen molar-refractivity contribution in [2.75, 3.05) is 56.8 Å². The third kappa shape index (κ3) is 22.0. The molecule has 32 nitrogen and oxygen atoms in total. The molecule has 10 N–H and O–H groups in total. The van der Waals surface area contributed by atoms with Gasteiger partial charge in [-0.25, -0.2) is 47.5 Å². The molecular formula is C92H127N15O17S3. The molecule has 6 aromatic rings. The highest BCUT2D eigenvalue weighted by molar-refractivity contribution is 7.92. The number of thiazole rings is 2. The molecule has 690 valence electrons. The number of aromatic nitrogens is 4. The molecule has 9 amide bonds. The van der Waals surface area contributed by atoms with Gasteiger partial charge in [-0.1, -0.05) is 92.2 Å². The van der Waals surface area contributed by atoms with Crippen LogP contribution in [0.5, 0.6) is 23.0 Å². The van der Waals surface area contributed by atoms with E-state index in [1.807, 2.05) is 78.3 Å². The summed E-state index contributed by atoms with van der Waals surface area (Å²) >= 11 is 2.90. The lowest BCUT2D eigenvalue weighted by Gasteiger charge is -2.44. The molecule has 2 aromatic carbocycles. The molecule has 3 aliphatic heterocycles. The number of amides is 9. The van der Waals surface area contributed by atoms with Gasteiger partial charge in [0.25, 0.3) is 0 Å². The molecule has 13 rings (SSSR count). The molecule has 11 atom stereocenters. The molecule has 7 fully saturated rings. The van der Waals surface area contributed by atoms with Crippen LogP contribution in [0.2, 0.25) is 0 Å². The van der Waals surface area contributed by atoms with Crippen molar-refractivity contribution in [1.82, 2.24) is 66.5 Å². The predicted molar refractivity (Wildman–Crippen MR) is 489 cm³/mol. The number of rotatable bonds is 32. The van der Waals surface area contributed by atoms with E-state index in [0.717, 1.165) is 61.6 Å². The summed E-state index contributed by atoms with van der Waals surface area (Å²) in [6.45, 7) is 33.0. The summed E-state index contributed by atoms with van der Waals surface area (Å²) in [6.07, 6.45) is 11.4. The number of nitrogens with zero attached hydrogens (tertiary/aromatic N) is 7. The van der Waals surface area contributed by atoms with Crippen molar-refractivity contribution < 1.29 is 80.7 Å². The van der Waals surface area contributed by atoms with Gasteiger partial charge in [-0.05, 0) is 141 Å². The number of fused-ring (bicyclic) bond motifs is 2. The smallest absolute Gasteiger partial charge is 0.330 e. The molecule has 7 heterocycles. The quantitative estimate of drug-likeness (QED) is 0.0175. The molecule has 4 aromatic heterocycles. The van der Waals surface area contributed by atoms with Gasteiger partial charge in [0, 0.05) is 102 Å². The minimum absolute atomic E-state index is 0.0178. The Morgan fingerprint density at radius 1 is 0.598 bits per heavy atom. The third-order valence-corrected chi connectivity index (χ3v) is 30.2. The monoisotopic (exact) mass is 1810 g/mol. The van der Waals surface area contributed by atoms with Crippen molar-refractivity contribution in [3.63, 3.8) is 0 Å². The minimum atomic E-state index is -3.64. The summed E-state index contributed by atoms with van der Waals surface area (Å²) < 4.78 is 50.8. The molecule has 0 spiro atoms. The van der Waals surface area contributed by atoms with Crippen LogP contribution in [-0.2, 0) is 43.4 Å². The number of hydrogen-bond donors (Lipinski definition) is 10. The number of carbonyl (C=O) groups is 9. The van der Waals surface area contributed by atoms with E-state index in [4.69, 9.17) is 38.9 Å². The van der Waals surface area contributed by atoms with Crippen molar-refractivity contribution >= 4 is 118 Å². The first kappa shape index (κ1) is 95.7. The van der Waals surface area contributed by atoms with Crippen molar-refractivity contribution in [3.8, 4) is 45.8 Å². The second-order valence-electron chi connectivity index (χ2n) is 38.6. The van der Waals surface area contributed by atoms with Gasteiger partial charge in [-0.3, -0.25) is 24.0 Å². The fourth-order valence-corrected chi connectivity index (χ4v) is 21.2. The molecule has 127 heavy (non-hydrogen) atoms. The Kier molecular flexibility index (Phi) is 29.3. The molecule has 0 bridgehead atoms. The highest BCUT2D eigenvalue weighted by Crippen LogP contribution is 2.48. The van der Waals surface area contributed by atoms with Crippen LogP contribution in [0, 0.1) is 28.6 Å². The Morgan fingerprint density at radius 3 is 1.49 bits per heavy atom. The number of likely N-dealkylation sites (tertiary alicyclic amines) is 3. The van der Waals surface area contributed by atoms with Gasteiger partial charge in [0.1, 0.15) is 81.8 Å². The minimum Gasteiger partial charge on any atom is -0.497 e. The van der Waals surface area contributed by atoms with Crippen LogP contribution in [0.4, 0.5) is 19.9 Å². The zero-order chi connectivity index (χ0) is 92.2. The second-order valence-corrected chi connectivity index (χ2v) is 43.0. The Balaban J connectivity index is 0.000000231.